The zero-order chi connectivity index (χ0) is 19.5. The average Bonchev–Trinajstić information content (AvgIpc) is 2.89. The maximum atomic E-state index is 11.4. The maximum Gasteiger partial charge on any atom is 0.307 e. The van der Waals surface area contributed by atoms with Gasteiger partial charge in [0.2, 0.25) is 0 Å². The number of para-hydroxylation sites is 2. The van der Waals surface area contributed by atoms with E-state index in [9.17, 15) is 9.90 Å². The van der Waals surface area contributed by atoms with Gasteiger partial charge in [-0.3, -0.25) is 9.69 Å². The molecule has 2 aliphatic heterocycles. The molecular weight excluding hydrogens is 348 g/mol. The number of nitrogens with zero attached hydrogens (tertiary/aromatic N) is 2. The zero-order valence-electron chi connectivity index (χ0n) is 16.7. The molecule has 4 rings (SSSR count). The highest BCUT2D eigenvalue weighted by Crippen LogP contribution is 2.36. The highest BCUT2D eigenvalue weighted by molar-refractivity contribution is 5.71. The molecule has 0 spiro atoms. The molecule has 2 atom stereocenters. The molecule has 28 heavy (non-hydrogen) atoms. The lowest BCUT2D eigenvalue weighted by atomic mass is 9.96. The third-order valence-corrected chi connectivity index (χ3v) is 6.42. The van der Waals surface area contributed by atoms with Gasteiger partial charge in [0.05, 0.1) is 5.92 Å². The smallest absolute Gasteiger partial charge is 0.307 e. The third kappa shape index (κ3) is 3.93. The van der Waals surface area contributed by atoms with Crippen LogP contribution in [0.5, 0.6) is 0 Å². The fraction of sp³-hybridized carbons (Fsp3) is 0.458. The van der Waals surface area contributed by atoms with Crippen molar-refractivity contribution in [1.82, 2.24) is 4.90 Å². The number of benzene rings is 2. The summed E-state index contributed by atoms with van der Waals surface area (Å²) in [7, 11) is 0. The molecule has 0 bridgehead atoms. The van der Waals surface area contributed by atoms with E-state index in [0.717, 1.165) is 45.2 Å². The Kier molecular flexibility index (Phi) is 5.67. The Balaban J connectivity index is 1.52. The van der Waals surface area contributed by atoms with Crippen LogP contribution in [0.3, 0.4) is 0 Å². The first-order chi connectivity index (χ1) is 13.6. The van der Waals surface area contributed by atoms with Crippen molar-refractivity contribution in [3.63, 3.8) is 0 Å². The molecule has 4 nitrogen and oxygen atoms in total. The molecule has 1 N–H and O–H groups in total. The molecule has 1 saturated heterocycles. The molecule has 2 aromatic rings. The van der Waals surface area contributed by atoms with Crippen LogP contribution < -0.4 is 4.90 Å². The number of aryl methyl sites for hydroxylation is 2. The summed E-state index contributed by atoms with van der Waals surface area (Å²) in [5.41, 5.74) is 5.47. The van der Waals surface area contributed by atoms with Crippen molar-refractivity contribution in [1.29, 1.82) is 0 Å². The monoisotopic (exact) mass is 378 g/mol. The summed E-state index contributed by atoms with van der Waals surface area (Å²) in [6, 6.07) is 17.9. The number of carboxylic acid groups (broad SMARTS) is 1. The number of rotatable bonds is 5. The molecule has 0 radical (unpaired) electrons. The van der Waals surface area contributed by atoms with Crippen molar-refractivity contribution in [2.75, 3.05) is 24.5 Å². The SMILES string of the molecule is C[C@H](CCN1c2ccccc2CCc2ccccc21)N1CCCC(C(=O)O)C1. The van der Waals surface area contributed by atoms with Gasteiger partial charge in [-0.1, -0.05) is 36.4 Å². The number of carboxylic acids is 1. The number of carbonyl (C=O) groups is 1. The number of likely N-dealkylation sites (tertiary alicyclic amines) is 1. The van der Waals surface area contributed by atoms with E-state index >= 15 is 0 Å². The van der Waals surface area contributed by atoms with Crippen LogP contribution in [0.15, 0.2) is 48.5 Å². The van der Waals surface area contributed by atoms with Gasteiger partial charge in [-0.25, -0.2) is 0 Å². The molecule has 1 fully saturated rings. The molecule has 0 aliphatic carbocycles. The van der Waals surface area contributed by atoms with Crippen molar-refractivity contribution < 1.29 is 9.90 Å². The van der Waals surface area contributed by atoms with Gasteiger partial charge in [-0.05, 0) is 68.8 Å². The Morgan fingerprint density at radius 3 is 2.29 bits per heavy atom. The van der Waals surface area contributed by atoms with Crippen molar-refractivity contribution in [3.05, 3.63) is 59.7 Å². The van der Waals surface area contributed by atoms with E-state index in [1.165, 1.54) is 22.5 Å². The van der Waals surface area contributed by atoms with Crippen molar-refractivity contribution in [3.8, 4) is 0 Å². The third-order valence-electron chi connectivity index (χ3n) is 6.42. The summed E-state index contributed by atoms with van der Waals surface area (Å²) >= 11 is 0. The van der Waals surface area contributed by atoms with Gasteiger partial charge in [0, 0.05) is 30.5 Å². The Hall–Kier alpha value is -2.33. The first-order valence-electron chi connectivity index (χ1n) is 10.5. The highest BCUT2D eigenvalue weighted by atomic mass is 16.4. The Morgan fingerprint density at radius 2 is 1.68 bits per heavy atom. The van der Waals surface area contributed by atoms with Gasteiger partial charge in [0.1, 0.15) is 0 Å². The van der Waals surface area contributed by atoms with Gasteiger partial charge >= 0.3 is 5.97 Å². The van der Waals surface area contributed by atoms with E-state index in [1.54, 1.807) is 0 Å². The second kappa shape index (κ2) is 8.36. The quantitative estimate of drug-likeness (QED) is 0.832. The van der Waals surface area contributed by atoms with Crippen LogP contribution in [0, 0.1) is 5.92 Å². The molecule has 4 heteroatoms. The van der Waals surface area contributed by atoms with E-state index in [1.807, 2.05) is 0 Å². The minimum Gasteiger partial charge on any atom is -0.481 e. The van der Waals surface area contributed by atoms with E-state index < -0.39 is 5.97 Å². The predicted molar refractivity (Wildman–Crippen MR) is 113 cm³/mol. The minimum absolute atomic E-state index is 0.212. The van der Waals surface area contributed by atoms with Crippen LogP contribution in [0.1, 0.15) is 37.3 Å². The van der Waals surface area contributed by atoms with Crippen LogP contribution in [-0.4, -0.2) is 41.7 Å². The number of aliphatic carboxylic acids is 1. The standard InChI is InChI=1S/C24H30N2O2/c1-18(25-15-6-9-21(17-25)24(27)28)14-16-26-22-10-4-2-7-19(22)12-13-20-8-3-5-11-23(20)26/h2-5,7-8,10-11,18,21H,6,9,12-17H2,1H3,(H,27,28)/t18-,21?/m1/s1. The molecule has 0 amide bonds. The number of anilines is 2. The van der Waals surface area contributed by atoms with Gasteiger partial charge < -0.3 is 10.0 Å². The van der Waals surface area contributed by atoms with Crippen LogP contribution >= 0.6 is 0 Å². The Bertz CT molecular complexity index is 787. The summed E-state index contributed by atoms with van der Waals surface area (Å²) in [6.45, 7) is 4.89. The van der Waals surface area contributed by atoms with Crippen molar-refractivity contribution in [2.45, 2.75) is 45.1 Å². The maximum absolute atomic E-state index is 11.4. The van der Waals surface area contributed by atoms with Crippen LogP contribution in [0.4, 0.5) is 11.4 Å². The van der Waals surface area contributed by atoms with E-state index in [-0.39, 0.29) is 5.92 Å². The highest BCUT2D eigenvalue weighted by Gasteiger charge is 2.28. The normalized spacial score (nSPS) is 20.8. The second-order valence-corrected chi connectivity index (χ2v) is 8.22. The van der Waals surface area contributed by atoms with Gasteiger partial charge in [-0.2, -0.15) is 0 Å². The number of piperidine rings is 1. The van der Waals surface area contributed by atoms with Gasteiger partial charge in [0.25, 0.3) is 0 Å². The second-order valence-electron chi connectivity index (χ2n) is 8.22. The lowest BCUT2D eigenvalue weighted by molar-refractivity contribution is -0.143. The van der Waals surface area contributed by atoms with Crippen LogP contribution in [0.2, 0.25) is 0 Å². The average molecular weight is 379 g/mol. The molecule has 0 saturated carbocycles. The Morgan fingerprint density at radius 1 is 1.07 bits per heavy atom. The molecular formula is C24H30N2O2. The number of hydrogen-bond acceptors (Lipinski definition) is 3. The number of fused-ring (bicyclic) bond motifs is 2. The summed E-state index contributed by atoms with van der Waals surface area (Å²) in [5.74, 6) is -0.858. The summed E-state index contributed by atoms with van der Waals surface area (Å²) in [4.78, 5) is 16.3. The van der Waals surface area contributed by atoms with Gasteiger partial charge in [-0.15, -0.1) is 0 Å². The van der Waals surface area contributed by atoms with Gasteiger partial charge in [0.15, 0.2) is 0 Å². The largest absolute Gasteiger partial charge is 0.481 e. The predicted octanol–water partition coefficient (Wildman–Crippen LogP) is 4.50. The van der Waals surface area contributed by atoms with Crippen molar-refractivity contribution in [2.24, 2.45) is 5.92 Å². The lowest BCUT2D eigenvalue weighted by Gasteiger charge is -2.36. The molecule has 2 aliphatic rings. The minimum atomic E-state index is -0.646. The lowest BCUT2D eigenvalue weighted by Crippen LogP contribution is -2.44. The molecule has 2 aromatic carbocycles. The zero-order valence-corrected chi connectivity index (χ0v) is 16.7. The summed E-state index contributed by atoms with van der Waals surface area (Å²) < 4.78 is 0. The number of hydrogen-bond donors (Lipinski definition) is 1. The molecule has 2 heterocycles. The Labute approximate surface area is 167 Å². The molecule has 0 aromatic heterocycles. The topological polar surface area (TPSA) is 43.8 Å². The molecule has 1 unspecified atom stereocenters. The first kappa shape index (κ1) is 19.0. The van der Waals surface area contributed by atoms with E-state index in [4.69, 9.17) is 0 Å². The summed E-state index contributed by atoms with van der Waals surface area (Å²) in [6.07, 6.45) is 4.97. The molecule has 148 valence electrons. The first-order valence-corrected chi connectivity index (χ1v) is 10.5. The van der Waals surface area contributed by atoms with E-state index in [0.29, 0.717) is 12.6 Å². The summed E-state index contributed by atoms with van der Waals surface area (Å²) in [5, 5.41) is 9.39. The van der Waals surface area contributed by atoms with E-state index in [2.05, 4.69) is 65.3 Å². The fourth-order valence-corrected chi connectivity index (χ4v) is 4.72. The van der Waals surface area contributed by atoms with Crippen molar-refractivity contribution >= 4 is 17.3 Å². The van der Waals surface area contributed by atoms with Crippen LogP contribution in [-0.2, 0) is 17.6 Å². The fourth-order valence-electron chi connectivity index (χ4n) is 4.72. The van der Waals surface area contributed by atoms with Crippen LogP contribution in [0.25, 0.3) is 0 Å².